The quantitative estimate of drug-likeness (QED) is 0.582. The van der Waals surface area contributed by atoms with Crippen molar-refractivity contribution in [1.82, 2.24) is 14.5 Å². The third-order valence-corrected chi connectivity index (χ3v) is 5.65. The van der Waals surface area contributed by atoms with E-state index in [1.54, 1.807) is 7.11 Å². The summed E-state index contributed by atoms with van der Waals surface area (Å²) >= 11 is 0. The molecule has 6 nitrogen and oxygen atoms in total. The van der Waals surface area contributed by atoms with E-state index in [0.717, 1.165) is 54.3 Å². The lowest BCUT2D eigenvalue weighted by molar-refractivity contribution is -0.131. The maximum Gasteiger partial charge on any atom is 0.224 e. The number of nitrogens with zero attached hydrogens (tertiary/aromatic N) is 3. The van der Waals surface area contributed by atoms with Gasteiger partial charge in [0.1, 0.15) is 23.9 Å². The average molecular weight is 408 g/mol. The van der Waals surface area contributed by atoms with Crippen LogP contribution in [0.15, 0.2) is 48.5 Å². The number of hydrogen-bond donors (Lipinski definition) is 0. The number of likely N-dealkylation sites (tertiary alicyclic amines) is 1. The van der Waals surface area contributed by atoms with E-state index in [9.17, 15) is 4.79 Å². The van der Waals surface area contributed by atoms with E-state index in [1.165, 1.54) is 12.8 Å². The van der Waals surface area contributed by atoms with Gasteiger partial charge in [0, 0.05) is 32.1 Å². The number of rotatable bonds is 7. The molecule has 0 saturated carbocycles. The molecule has 6 heteroatoms. The van der Waals surface area contributed by atoms with E-state index in [4.69, 9.17) is 14.5 Å². The first-order chi connectivity index (χ1) is 14.7. The zero-order chi connectivity index (χ0) is 20.8. The van der Waals surface area contributed by atoms with Crippen LogP contribution in [0.4, 0.5) is 0 Å². The summed E-state index contributed by atoms with van der Waals surface area (Å²) in [7, 11) is 1.64. The summed E-state index contributed by atoms with van der Waals surface area (Å²) in [4.78, 5) is 19.6. The number of methoxy groups -OCH3 is 1. The summed E-state index contributed by atoms with van der Waals surface area (Å²) in [5, 5.41) is 0. The second-order valence-electron chi connectivity index (χ2n) is 7.68. The molecule has 0 bridgehead atoms. The molecule has 158 valence electrons. The third kappa shape index (κ3) is 4.75. The molecule has 30 heavy (non-hydrogen) atoms. The highest BCUT2D eigenvalue weighted by atomic mass is 16.5. The van der Waals surface area contributed by atoms with E-state index < -0.39 is 0 Å². The maximum atomic E-state index is 12.8. The molecule has 0 unspecified atom stereocenters. The number of aryl methyl sites for hydroxylation is 1. The maximum absolute atomic E-state index is 12.8. The molecule has 0 atom stereocenters. The normalized spacial score (nSPS) is 14.5. The van der Waals surface area contributed by atoms with Gasteiger partial charge in [0.05, 0.1) is 18.1 Å². The number of benzene rings is 2. The van der Waals surface area contributed by atoms with Crippen molar-refractivity contribution < 1.29 is 14.3 Å². The van der Waals surface area contributed by atoms with Crippen molar-refractivity contribution in [2.24, 2.45) is 0 Å². The largest absolute Gasteiger partial charge is 0.497 e. The Balaban J connectivity index is 1.49. The topological polar surface area (TPSA) is 56.6 Å². The van der Waals surface area contributed by atoms with Gasteiger partial charge in [-0.2, -0.15) is 0 Å². The smallest absolute Gasteiger partial charge is 0.224 e. The van der Waals surface area contributed by atoms with Gasteiger partial charge in [0.25, 0.3) is 0 Å². The first-order valence-electron chi connectivity index (χ1n) is 10.7. The molecular weight excluding hydrogens is 378 g/mol. The first-order valence-corrected chi connectivity index (χ1v) is 10.7. The van der Waals surface area contributed by atoms with Gasteiger partial charge in [-0.15, -0.1) is 0 Å². The summed E-state index contributed by atoms with van der Waals surface area (Å²) in [6.45, 7) is 2.71. The highest BCUT2D eigenvalue weighted by Gasteiger charge is 2.17. The predicted molar refractivity (Wildman–Crippen MR) is 117 cm³/mol. The molecule has 1 amide bonds. The highest BCUT2D eigenvalue weighted by Crippen LogP contribution is 2.22. The molecule has 1 aromatic heterocycles. The van der Waals surface area contributed by atoms with Gasteiger partial charge in [-0.05, 0) is 37.1 Å². The number of imidazole rings is 1. The zero-order valence-electron chi connectivity index (χ0n) is 17.5. The van der Waals surface area contributed by atoms with Crippen LogP contribution < -0.4 is 9.47 Å². The van der Waals surface area contributed by atoms with Crippen LogP contribution in [0.5, 0.6) is 11.5 Å². The molecular formula is C24H29N3O3. The first kappa shape index (κ1) is 20.3. The zero-order valence-corrected chi connectivity index (χ0v) is 17.5. The standard InChI is InChI=1S/C24H29N3O3/c1-29-19-9-8-10-20(17-19)30-18-23-25-21-11-4-5-12-22(21)27(23)16-13-24(28)26-14-6-2-3-7-15-26/h4-5,8-12,17H,2-3,6-7,13-16,18H2,1H3. The number of ether oxygens (including phenoxy) is 2. The fourth-order valence-electron chi connectivity index (χ4n) is 4.01. The fourth-order valence-corrected chi connectivity index (χ4v) is 4.01. The van der Waals surface area contributed by atoms with Crippen molar-refractivity contribution in [3.63, 3.8) is 0 Å². The molecule has 3 aromatic rings. The monoisotopic (exact) mass is 407 g/mol. The Bertz CT molecular complexity index is 990. The van der Waals surface area contributed by atoms with Crippen LogP contribution in [-0.4, -0.2) is 40.6 Å². The number of carbonyl (C=O) groups excluding carboxylic acids is 1. The van der Waals surface area contributed by atoms with Crippen LogP contribution in [0.2, 0.25) is 0 Å². The lowest BCUT2D eigenvalue weighted by Crippen LogP contribution is -2.32. The number of para-hydroxylation sites is 2. The Labute approximate surface area is 177 Å². The molecule has 2 aromatic carbocycles. The minimum absolute atomic E-state index is 0.231. The van der Waals surface area contributed by atoms with Crippen LogP contribution in [0.25, 0.3) is 11.0 Å². The molecule has 0 aliphatic carbocycles. The molecule has 1 saturated heterocycles. The van der Waals surface area contributed by atoms with Gasteiger partial charge in [-0.3, -0.25) is 4.79 Å². The second-order valence-corrected chi connectivity index (χ2v) is 7.68. The van der Waals surface area contributed by atoms with E-state index in [2.05, 4.69) is 4.57 Å². The van der Waals surface area contributed by atoms with Crippen molar-refractivity contribution in [3.05, 3.63) is 54.4 Å². The van der Waals surface area contributed by atoms with E-state index >= 15 is 0 Å². The van der Waals surface area contributed by atoms with Gasteiger partial charge in [0.15, 0.2) is 0 Å². The third-order valence-electron chi connectivity index (χ3n) is 5.65. The molecule has 1 aliphatic rings. The Hall–Kier alpha value is -3.02. The van der Waals surface area contributed by atoms with Gasteiger partial charge < -0.3 is 18.9 Å². The minimum Gasteiger partial charge on any atom is -0.497 e. The lowest BCUT2D eigenvalue weighted by atomic mass is 10.2. The van der Waals surface area contributed by atoms with Gasteiger partial charge in [0.2, 0.25) is 5.91 Å². The average Bonchev–Trinajstić information content (AvgIpc) is 2.93. The Morgan fingerprint density at radius 1 is 1.00 bits per heavy atom. The number of aromatic nitrogens is 2. The number of hydrogen-bond acceptors (Lipinski definition) is 4. The summed E-state index contributed by atoms with van der Waals surface area (Å²) in [5.41, 5.74) is 1.95. The molecule has 4 rings (SSSR count). The van der Waals surface area contributed by atoms with Crippen molar-refractivity contribution in [3.8, 4) is 11.5 Å². The van der Waals surface area contributed by atoms with E-state index in [1.807, 2.05) is 53.4 Å². The molecule has 0 radical (unpaired) electrons. The minimum atomic E-state index is 0.231. The molecule has 0 spiro atoms. The number of carbonyl (C=O) groups is 1. The molecule has 0 N–H and O–H groups in total. The summed E-state index contributed by atoms with van der Waals surface area (Å²) in [6, 6.07) is 15.6. The van der Waals surface area contributed by atoms with Crippen LogP contribution in [0, 0.1) is 0 Å². The number of fused-ring (bicyclic) bond motifs is 1. The van der Waals surface area contributed by atoms with E-state index in [-0.39, 0.29) is 5.91 Å². The van der Waals surface area contributed by atoms with Gasteiger partial charge in [-0.25, -0.2) is 4.98 Å². The van der Waals surface area contributed by atoms with E-state index in [0.29, 0.717) is 19.6 Å². The van der Waals surface area contributed by atoms with Crippen molar-refractivity contribution in [1.29, 1.82) is 0 Å². The Morgan fingerprint density at radius 3 is 2.57 bits per heavy atom. The van der Waals surface area contributed by atoms with Gasteiger partial charge in [-0.1, -0.05) is 31.0 Å². The fraction of sp³-hybridized carbons (Fsp3) is 0.417. The van der Waals surface area contributed by atoms with Crippen molar-refractivity contribution in [2.75, 3.05) is 20.2 Å². The molecule has 1 aliphatic heterocycles. The highest BCUT2D eigenvalue weighted by molar-refractivity contribution is 5.78. The second kappa shape index (κ2) is 9.65. The summed E-state index contributed by atoms with van der Waals surface area (Å²) in [6.07, 6.45) is 5.15. The van der Waals surface area contributed by atoms with Crippen LogP contribution in [0.3, 0.4) is 0 Å². The predicted octanol–water partition coefficient (Wildman–Crippen LogP) is 4.42. The summed E-state index contributed by atoms with van der Waals surface area (Å²) < 4.78 is 13.4. The Morgan fingerprint density at radius 2 is 1.77 bits per heavy atom. The van der Waals surface area contributed by atoms with Crippen molar-refractivity contribution >= 4 is 16.9 Å². The van der Waals surface area contributed by atoms with Gasteiger partial charge >= 0.3 is 0 Å². The molecule has 1 fully saturated rings. The van der Waals surface area contributed by atoms with Crippen LogP contribution in [0.1, 0.15) is 37.9 Å². The number of amides is 1. The van der Waals surface area contributed by atoms with Crippen LogP contribution >= 0.6 is 0 Å². The lowest BCUT2D eigenvalue weighted by Gasteiger charge is -2.20. The Kier molecular flexibility index (Phi) is 6.52. The van der Waals surface area contributed by atoms with Crippen LogP contribution in [-0.2, 0) is 17.9 Å². The van der Waals surface area contributed by atoms with Crippen molar-refractivity contribution in [2.45, 2.75) is 45.3 Å². The molecule has 2 heterocycles. The SMILES string of the molecule is COc1cccc(OCc2nc3ccccc3n2CCC(=O)N2CCCCCC2)c1. The summed E-state index contributed by atoms with van der Waals surface area (Å²) in [5.74, 6) is 2.54.